The van der Waals surface area contributed by atoms with Crippen LogP contribution in [0.1, 0.15) is 22.2 Å². The molecule has 5 N–H and O–H groups in total. The van der Waals surface area contributed by atoms with Crippen molar-refractivity contribution in [1.82, 2.24) is 0 Å². The molecule has 0 spiro atoms. The molecular formula is C13H15N3O2. The Balaban J connectivity index is 2.12. The van der Waals surface area contributed by atoms with E-state index in [4.69, 9.17) is 15.9 Å². The van der Waals surface area contributed by atoms with Gasteiger partial charge in [0.2, 0.25) is 0 Å². The average Bonchev–Trinajstić information content (AvgIpc) is 2.92. The second-order valence-electron chi connectivity index (χ2n) is 3.90. The molecule has 0 aliphatic rings. The smallest absolute Gasteiger partial charge is 0.291 e. The largest absolute Gasteiger partial charge is 0.459 e. The zero-order valence-electron chi connectivity index (χ0n) is 9.80. The summed E-state index contributed by atoms with van der Waals surface area (Å²) < 4.78 is 5.01. The standard InChI is InChI=1S/C13H15N3O2/c14-8-11(15)9-3-1-4-10(7-9)16-13(17)12-5-2-6-18-12/h1-7,11H,8,14-15H2,(H,16,17). The summed E-state index contributed by atoms with van der Waals surface area (Å²) in [4.78, 5) is 11.8. The Bertz CT molecular complexity index is 523. The van der Waals surface area contributed by atoms with Gasteiger partial charge < -0.3 is 21.2 Å². The van der Waals surface area contributed by atoms with E-state index < -0.39 is 0 Å². The molecule has 0 radical (unpaired) electrons. The molecule has 0 bridgehead atoms. The van der Waals surface area contributed by atoms with Crippen LogP contribution in [-0.2, 0) is 0 Å². The molecule has 1 amide bonds. The third-order valence-corrected chi connectivity index (χ3v) is 2.57. The maximum atomic E-state index is 11.8. The highest BCUT2D eigenvalue weighted by Gasteiger charge is 2.10. The fourth-order valence-electron chi connectivity index (χ4n) is 1.58. The normalized spacial score (nSPS) is 12.1. The van der Waals surface area contributed by atoms with Crippen molar-refractivity contribution in [3.05, 3.63) is 54.0 Å². The van der Waals surface area contributed by atoms with Crippen molar-refractivity contribution < 1.29 is 9.21 Å². The summed E-state index contributed by atoms with van der Waals surface area (Å²) in [5.41, 5.74) is 12.9. The first-order valence-corrected chi connectivity index (χ1v) is 5.61. The highest BCUT2D eigenvalue weighted by molar-refractivity contribution is 6.02. The van der Waals surface area contributed by atoms with Gasteiger partial charge in [0.05, 0.1) is 6.26 Å². The third-order valence-electron chi connectivity index (χ3n) is 2.57. The number of benzene rings is 1. The molecule has 1 atom stereocenters. The van der Waals surface area contributed by atoms with Crippen LogP contribution in [0.4, 0.5) is 5.69 Å². The Hall–Kier alpha value is -2.11. The van der Waals surface area contributed by atoms with Crippen molar-refractivity contribution in [2.45, 2.75) is 6.04 Å². The Labute approximate surface area is 105 Å². The summed E-state index contributed by atoms with van der Waals surface area (Å²) in [7, 11) is 0. The number of hydrogen-bond acceptors (Lipinski definition) is 4. The van der Waals surface area contributed by atoms with Crippen molar-refractivity contribution >= 4 is 11.6 Å². The predicted molar refractivity (Wildman–Crippen MR) is 69.1 cm³/mol. The number of rotatable bonds is 4. The van der Waals surface area contributed by atoms with E-state index in [1.807, 2.05) is 12.1 Å². The summed E-state index contributed by atoms with van der Waals surface area (Å²) in [5.74, 6) is -0.0259. The maximum Gasteiger partial charge on any atom is 0.291 e. The Morgan fingerprint density at radius 2 is 2.17 bits per heavy atom. The van der Waals surface area contributed by atoms with Gasteiger partial charge >= 0.3 is 0 Å². The number of nitrogens with two attached hydrogens (primary N) is 2. The minimum atomic E-state index is -0.293. The van der Waals surface area contributed by atoms with Crippen LogP contribution in [-0.4, -0.2) is 12.5 Å². The van der Waals surface area contributed by atoms with E-state index in [2.05, 4.69) is 5.32 Å². The lowest BCUT2D eigenvalue weighted by molar-refractivity contribution is 0.0996. The third kappa shape index (κ3) is 2.77. The summed E-state index contributed by atoms with van der Waals surface area (Å²) in [6, 6.07) is 10.3. The van der Waals surface area contributed by atoms with Gasteiger partial charge in [0, 0.05) is 18.3 Å². The Morgan fingerprint density at radius 3 is 2.83 bits per heavy atom. The van der Waals surface area contributed by atoms with E-state index in [1.54, 1.807) is 24.3 Å². The van der Waals surface area contributed by atoms with E-state index in [0.717, 1.165) is 5.56 Å². The molecule has 18 heavy (non-hydrogen) atoms. The molecule has 1 aromatic heterocycles. The molecule has 1 unspecified atom stereocenters. The van der Waals surface area contributed by atoms with Gasteiger partial charge in [-0.15, -0.1) is 0 Å². The number of furan rings is 1. The van der Waals surface area contributed by atoms with E-state index in [1.165, 1.54) is 6.26 Å². The van der Waals surface area contributed by atoms with Crippen molar-refractivity contribution in [1.29, 1.82) is 0 Å². The molecule has 94 valence electrons. The van der Waals surface area contributed by atoms with Crippen LogP contribution in [0.25, 0.3) is 0 Å². The summed E-state index contributed by atoms with van der Waals surface area (Å²) in [5, 5.41) is 2.73. The van der Waals surface area contributed by atoms with Crippen LogP contribution in [0.5, 0.6) is 0 Å². The molecular weight excluding hydrogens is 230 g/mol. The molecule has 1 aromatic carbocycles. The molecule has 2 aromatic rings. The van der Waals surface area contributed by atoms with E-state index >= 15 is 0 Å². The zero-order chi connectivity index (χ0) is 13.0. The molecule has 5 nitrogen and oxygen atoms in total. The van der Waals surface area contributed by atoms with Crippen LogP contribution in [0.3, 0.4) is 0 Å². The Morgan fingerprint density at radius 1 is 1.33 bits per heavy atom. The molecule has 0 aliphatic heterocycles. The first kappa shape index (κ1) is 12.3. The fourth-order valence-corrected chi connectivity index (χ4v) is 1.58. The van der Waals surface area contributed by atoms with Crippen LogP contribution in [0, 0.1) is 0 Å². The minimum Gasteiger partial charge on any atom is -0.459 e. The maximum absolute atomic E-state index is 11.8. The second kappa shape index (κ2) is 5.48. The first-order valence-electron chi connectivity index (χ1n) is 5.61. The van der Waals surface area contributed by atoms with Crippen molar-refractivity contribution in [2.24, 2.45) is 11.5 Å². The number of amides is 1. The van der Waals surface area contributed by atoms with E-state index in [0.29, 0.717) is 12.2 Å². The monoisotopic (exact) mass is 245 g/mol. The highest BCUT2D eigenvalue weighted by atomic mass is 16.3. The number of hydrogen-bond donors (Lipinski definition) is 3. The van der Waals surface area contributed by atoms with E-state index in [9.17, 15) is 4.79 Å². The van der Waals surface area contributed by atoms with Gasteiger partial charge in [0.25, 0.3) is 5.91 Å². The number of anilines is 1. The minimum absolute atomic E-state index is 0.231. The molecule has 0 saturated carbocycles. The predicted octanol–water partition coefficient (Wildman–Crippen LogP) is 1.49. The van der Waals surface area contributed by atoms with Gasteiger partial charge in [0.1, 0.15) is 0 Å². The summed E-state index contributed by atoms with van der Waals surface area (Å²) in [6.07, 6.45) is 1.45. The van der Waals surface area contributed by atoms with Crippen molar-refractivity contribution in [2.75, 3.05) is 11.9 Å². The van der Waals surface area contributed by atoms with Gasteiger partial charge in [-0.2, -0.15) is 0 Å². The van der Waals surface area contributed by atoms with Crippen molar-refractivity contribution in [3.63, 3.8) is 0 Å². The molecule has 2 rings (SSSR count). The summed E-state index contributed by atoms with van der Waals surface area (Å²) >= 11 is 0. The lowest BCUT2D eigenvalue weighted by Crippen LogP contribution is -2.21. The quantitative estimate of drug-likeness (QED) is 0.760. The van der Waals surface area contributed by atoms with Gasteiger partial charge in [0.15, 0.2) is 5.76 Å². The van der Waals surface area contributed by atoms with Crippen LogP contribution < -0.4 is 16.8 Å². The van der Waals surface area contributed by atoms with Gasteiger partial charge in [-0.25, -0.2) is 0 Å². The van der Waals surface area contributed by atoms with Crippen LogP contribution >= 0.6 is 0 Å². The van der Waals surface area contributed by atoms with Crippen LogP contribution in [0.15, 0.2) is 47.1 Å². The molecule has 1 heterocycles. The second-order valence-corrected chi connectivity index (χ2v) is 3.90. The molecule has 0 saturated heterocycles. The zero-order valence-corrected chi connectivity index (χ0v) is 9.80. The van der Waals surface area contributed by atoms with Gasteiger partial charge in [-0.1, -0.05) is 12.1 Å². The molecule has 0 fully saturated rings. The topological polar surface area (TPSA) is 94.3 Å². The SMILES string of the molecule is NCC(N)c1cccc(NC(=O)c2ccco2)c1. The van der Waals surface area contributed by atoms with Gasteiger partial charge in [-0.3, -0.25) is 4.79 Å². The molecule has 5 heteroatoms. The highest BCUT2D eigenvalue weighted by Crippen LogP contribution is 2.16. The summed E-state index contributed by atoms with van der Waals surface area (Å²) in [6.45, 7) is 0.357. The van der Waals surface area contributed by atoms with Gasteiger partial charge in [-0.05, 0) is 29.8 Å². The number of carbonyl (C=O) groups is 1. The Kier molecular flexibility index (Phi) is 3.76. The van der Waals surface area contributed by atoms with E-state index in [-0.39, 0.29) is 17.7 Å². The number of carbonyl (C=O) groups excluding carboxylic acids is 1. The van der Waals surface area contributed by atoms with Crippen molar-refractivity contribution in [3.8, 4) is 0 Å². The lowest BCUT2D eigenvalue weighted by Gasteiger charge is -2.11. The fraction of sp³-hybridized carbons (Fsp3) is 0.154. The van der Waals surface area contributed by atoms with Crippen LogP contribution in [0.2, 0.25) is 0 Å². The lowest BCUT2D eigenvalue weighted by atomic mass is 10.1. The first-order chi connectivity index (χ1) is 8.70. The average molecular weight is 245 g/mol. The number of nitrogens with one attached hydrogen (secondary N) is 1. The molecule has 0 aliphatic carbocycles.